The minimum atomic E-state index is -0.184. The average Bonchev–Trinajstić information content (AvgIpc) is 2.96. The molecular formula is C33H36BrN3O3. The lowest BCUT2D eigenvalue weighted by atomic mass is 9.82. The molecule has 6 nitrogen and oxygen atoms in total. The van der Waals surface area contributed by atoms with Crippen LogP contribution in [0.2, 0.25) is 0 Å². The van der Waals surface area contributed by atoms with Crippen molar-refractivity contribution < 1.29 is 14.3 Å². The highest BCUT2D eigenvalue weighted by Gasteiger charge is 2.39. The van der Waals surface area contributed by atoms with Gasteiger partial charge in [-0.05, 0) is 53.3 Å². The third-order valence-corrected chi connectivity index (χ3v) is 8.26. The van der Waals surface area contributed by atoms with Crippen molar-refractivity contribution in [1.82, 2.24) is 15.1 Å². The van der Waals surface area contributed by atoms with E-state index in [1.165, 1.54) is 11.1 Å². The molecule has 2 aliphatic heterocycles. The summed E-state index contributed by atoms with van der Waals surface area (Å²) in [5, 5.41) is 3.64. The lowest BCUT2D eigenvalue weighted by Gasteiger charge is -2.44. The van der Waals surface area contributed by atoms with Crippen molar-refractivity contribution >= 4 is 33.3 Å². The summed E-state index contributed by atoms with van der Waals surface area (Å²) in [6, 6.07) is 26.6. The first kappa shape index (κ1) is 28.1. The third kappa shape index (κ3) is 6.83. The Kier molecular flexibility index (Phi) is 9.02. The fourth-order valence-electron chi connectivity index (χ4n) is 5.59. The molecule has 40 heavy (non-hydrogen) atoms. The molecule has 2 heterocycles. The zero-order valence-electron chi connectivity index (χ0n) is 23.1. The van der Waals surface area contributed by atoms with Crippen LogP contribution in [0.1, 0.15) is 30.0 Å². The number of nitrogens with one attached hydrogen (secondary N) is 1. The normalized spacial score (nSPS) is 18.4. The van der Waals surface area contributed by atoms with Gasteiger partial charge < -0.3 is 19.9 Å². The van der Waals surface area contributed by atoms with E-state index in [0.29, 0.717) is 32.7 Å². The van der Waals surface area contributed by atoms with Gasteiger partial charge in [0.2, 0.25) is 5.91 Å². The van der Waals surface area contributed by atoms with Crippen LogP contribution in [0.15, 0.2) is 88.9 Å². The Morgan fingerprint density at radius 2 is 1.73 bits per heavy atom. The van der Waals surface area contributed by atoms with Gasteiger partial charge in [0.25, 0.3) is 5.91 Å². The van der Waals surface area contributed by atoms with Gasteiger partial charge in [-0.25, -0.2) is 0 Å². The smallest absolute Gasteiger partial charge is 0.251 e. The van der Waals surface area contributed by atoms with E-state index in [9.17, 15) is 9.59 Å². The quantitative estimate of drug-likeness (QED) is 0.370. The number of amides is 2. The molecule has 2 atom stereocenters. The van der Waals surface area contributed by atoms with Crippen LogP contribution in [0, 0.1) is 0 Å². The van der Waals surface area contributed by atoms with E-state index >= 15 is 0 Å². The lowest BCUT2D eigenvalue weighted by Crippen LogP contribution is -2.61. The maximum absolute atomic E-state index is 14.0. The number of rotatable bonds is 9. The number of carbonyl (C=O) groups excluding carboxylic acids is 2. The summed E-state index contributed by atoms with van der Waals surface area (Å²) in [4.78, 5) is 29.9. The second-order valence-corrected chi connectivity index (χ2v) is 11.6. The van der Waals surface area contributed by atoms with E-state index in [4.69, 9.17) is 4.74 Å². The molecule has 3 aromatic rings. The van der Waals surface area contributed by atoms with Gasteiger partial charge in [-0.2, -0.15) is 0 Å². The van der Waals surface area contributed by atoms with E-state index in [1.54, 1.807) is 6.92 Å². The van der Waals surface area contributed by atoms with E-state index in [1.807, 2.05) is 59.3 Å². The predicted molar refractivity (Wildman–Crippen MR) is 162 cm³/mol. The van der Waals surface area contributed by atoms with Crippen LogP contribution in [0.3, 0.4) is 0 Å². The van der Waals surface area contributed by atoms with Crippen LogP contribution in [0.4, 0.5) is 0 Å². The fourth-order valence-corrected chi connectivity index (χ4v) is 5.97. The Morgan fingerprint density at radius 3 is 2.45 bits per heavy atom. The summed E-state index contributed by atoms with van der Waals surface area (Å²) in [7, 11) is 1.88. The SMILES string of the molecule is CC(=O)N1C[C@H]2CC(c3ccc(CCOc4cccc(Br)c4)cc3)=C(C(=O)N(C)CCc3ccccc3)[C@@H](C1)N2. The fraction of sp³-hybridized carbons (Fsp3) is 0.333. The molecule has 0 saturated carbocycles. The van der Waals surface area contributed by atoms with Gasteiger partial charge in [0.05, 0.1) is 12.6 Å². The van der Waals surface area contributed by atoms with Gasteiger partial charge in [0, 0.05) is 56.1 Å². The maximum atomic E-state index is 14.0. The summed E-state index contributed by atoms with van der Waals surface area (Å²) in [6.07, 6.45) is 2.29. The van der Waals surface area contributed by atoms with E-state index in [0.717, 1.165) is 39.8 Å². The molecular weight excluding hydrogens is 566 g/mol. The number of carbonyl (C=O) groups is 2. The van der Waals surface area contributed by atoms with Crippen molar-refractivity contribution in [3.63, 3.8) is 0 Å². The molecule has 0 spiro atoms. The molecule has 0 unspecified atom stereocenters. The summed E-state index contributed by atoms with van der Waals surface area (Å²) in [5.41, 5.74) is 5.33. The second-order valence-electron chi connectivity index (χ2n) is 10.7. The molecule has 2 aliphatic rings. The molecule has 1 fully saturated rings. The first-order valence-electron chi connectivity index (χ1n) is 13.9. The maximum Gasteiger partial charge on any atom is 0.251 e. The molecule has 0 aliphatic carbocycles. The minimum Gasteiger partial charge on any atom is -0.493 e. The zero-order chi connectivity index (χ0) is 28.1. The van der Waals surface area contributed by atoms with Crippen LogP contribution >= 0.6 is 15.9 Å². The highest BCUT2D eigenvalue weighted by molar-refractivity contribution is 9.10. The lowest BCUT2D eigenvalue weighted by molar-refractivity contribution is -0.132. The van der Waals surface area contributed by atoms with Crippen molar-refractivity contribution in [2.45, 2.75) is 38.3 Å². The molecule has 208 valence electrons. The Morgan fingerprint density at radius 1 is 0.975 bits per heavy atom. The standard InChI is InChI=1S/C33H36BrN3O3/c1-23(38)37-21-28-20-30(26-13-11-25(12-14-26)16-18-40-29-10-6-9-27(34)19-29)32(31(22-37)35-28)33(39)36(2)17-15-24-7-4-3-5-8-24/h3-14,19,28,31,35H,15-18,20-22H2,1-2H3/t28-,31-/m1/s1. The summed E-state index contributed by atoms with van der Waals surface area (Å²) < 4.78 is 6.91. The number of fused-ring (bicyclic) bond motifs is 2. The molecule has 0 aromatic heterocycles. The van der Waals surface area contributed by atoms with E-state index in [2.05, 4.69) is 57.6 Å². The first-order chi connectivity index (χ1) is 19.4. The number of piperazine rings is 1. The van der Waals surface area contributed by atoms with Crippen molar-refractivity contribution in [2.75, 3.05) is 33.3 Å². The van der Waals surface area contributed by atoms with Gasteiger partial charge >= 0.3 is 0 Å². The number of ether oxygens (including phenoxy) is 1. The molecule has 5 rings (SSSR count). The van der Waals surface area contributed by atoms with Crippen LogP contribution in [0.5, 0.6) is 5.75 Å². The van der Waals surface area contributed by atoms with Gasteiger partial charge in [-0.1, -0.05) is 76.6 Å². The van der Waals surface area contributed by atoms with Gasteiger partial charge in [-0.15, -0.1) is 0 Å². The molecule has 1 saturated heterocycles. The Hall–Kier alpha value is -3.42. The van der Waals surface area contributed by atoms with Crippen molar-refractivity contribution in [3.05, 3.63) is 106 Å². The number of likely N-dealkylation sites (N-methyl/N-ethyl adjacent to an activating group) is 1. The highest BCUT2D eigenvalue weighted by atomic mass is 79.9. The molecule has 0 radical (unpaired) electrons. The Bertz CT molecular complexity index is 1370. The van der Waals surface area contributed by atoms with Gasteiger partial charge in [-0.3, -0.25) is 9.59 Å². The molecule has 1 N–H and O–H groups in total. The Labute approximate surface area is 245 Å². The molecule has 2 bridgehead atoms. The van der Waals surface area contributed by atoms with Gasteiger partial charge in [0.15, 0.2) is 0 Å². The van der Waals surface area contributed by atoms with Crippen molar-refractivity contribution in [1.29, 1.82) is 0 Å². The van der Waals surface area contributed by atoms with Crippen LogP contribution in [-0.2, 0) is 22.4 Å². The third-order valence-electron chi connectivity index (χ3n) is 7.76. The molecule has 7 heteroatoms. The molecule has 3 aromatic carbocycles. The van der Waals surface area contributed by atoms with Crippen LogP contribution in [0.25, 0.3) is 5.57 Å². The number of halogens is 1. The minimum absolute atomic E-state index is 0.0266. The van der Waals surface area contributed by atoms with Gasteiger partial charge in [0.1, 0.15) is 5.75 Å². The zero-order valence-corrected chi connectivity index (χ0v) is 24.7. The monoisotopic (exact) mass is 601 g/mol. The predicted octanol–water partition coefficient (Wildman–Crippen LogP) is 5.12. The average molecular weight is 603 g/mol. The second kappa shape index (κ2) is 12.8. The highest BCUT2D eigenvalue weighted by Crippen LogP contribution is 2.34. The van der Waals surface area contributed by atoms with E-state index < -0.39 is 0 Å². The van der Waals surface area contributed by atoms with E-state index in [-0.39, 0.29) is 23.9 Å². The van der Waals surface area contributed by atoms with Crippen molar-refractivity contribution in [2.24, 2.45) is 0 Å². The summed E-state index contributed by atoms with van der Waals surface area (Å²) >= 11 is 3.48. The van der Waals surface area contributed by atoms with Crippen LogP contribution < -0.4 is 10.1 Å². The molecule has 2 amide bonds. The number of nitrogens with zero attached hydrogens (tertiary/aromatic N) is 2. The first-order valence-corrected chi connectivity index (χ1v) is 14.7. The number of hydrogen-bond donors (Lipinski definition) is 1. The van der Waals surface area contributed by atoms with Crippen molar-refractivity contribution in [3.8, 4) is 5.75 Å². The summed E-state index contributed by atoms with van der Waals surface area (Å²) in [5.74, 6) is 0.925. The number of benzene rings is 3. The largest absolute Gasteiger partial charge is 0.493 e. The van der Waals surface area contributed by atoms with Crippen LogP contribution in [-0.4, -0.2) is 67.0 Å². The topological polar surface area (TPSA) is 61.9 Å². The summed E-state index contributed by atoms with van der Waals surface area (Å²) in [6.45, 7) is 3.99. The Balaban J connectivity index is 1.34. The number of hydrogen-bond acceptors (Lipinski definition) is 4.